The average molecular weight is 753 g/mol. The second kappa shape index (κ2) is 17.9. The monoisotopic (exact) mass is 752 g/mol. The van der Waals surface area contributed by atoms with E-state index in [1.54, 1.807) is 4.90 Å². The van der Waals surface area contributed by atoms with Crippen molar-refractivity contribution in [2.45, 2.75) is 94.6 Å². The number of aliphatic hydroxyl groups is 5. The quantitative estimate of drug-likeness (QED) is 0.106. The molecule has 1 saturated heterocycles. The lowest BCUT2D eigenvalue weighted by atomic mass is 9.96. The Morgan fingerprint density at radius 1 is 0.981 bits per heavy atom. The van der Waals surface area contributed by atoms with Crippen LogP contribution in [0.5, 0.6) is 5.75 Å². The highest BCUT2D eigenvalue weighted by Crippen LogP contribution is 2.53. The van der Waals surface area contributed by atoms with Crippen molar-refractivity contribution in [1.29, 1.82) is 0 Å². The molecule has 288 valence electrons. The van der Waals surface area contributed by atoms with Crippen molar-refractivity contribution in [3.05, 3.63) is 82.1 Å². The van der Waals surface area contributed by atoms with Crippen LogP contribution in [0.25, 0.3) is 11.1 Å². The fraction of sp³-hybridized carbons (Fsp3) is 0.550. The van der Waals surface area contributed by atoms with Gasteiger partial charge in [-0.1, -0.05) is 35.9 Å². The molecule has 53 heavy (non-hydrogen) atoms. The van der Waals surface area contributed by atoms with Gasteiger partial charge in [0.25, 0.3) is 0 Å². The number of aryl methyl sites for hydroxylation is 2. The Balaban J connectivity index is 0.934. The van der Waals surface area contributed by atoms with Gasteiger partial charge in [0.2, 0.25) is 0 Å². The second-order valence-electron chi connectivity index (χ2n) is 14.7. The Morgan fingerprint density at radius 2 is 1.72 bits per heavy atom. The molecule has 0 radical (unpaired) electrons. The van der Waals surface area contributed by atoms with E-state index >= 15 is 0 Å². The minimum absolute atomic E-state index is 0.0716. The Labute approximate surface area is 316 Å². The number of urea groups is 1. The molecule has 2 heterocycles. The highest BCUT2D eigenvalue weighted by atomic mass is 35.5. The first-order valence-corrected chi connectivity index (χ1v) is 19.2. The normalized spacial score (nSPS) is 19.3. The first-order chi connectivity index (χ1) is 25.6. The van der Waals surface area contributed by atoms with Gasteiger partial charge in [-0.25, -0.2) is 4.79 Å². The molecule has 0 bridgehead atoms. The van der Waals surface area contributed by atoms with Crippen molar-refractivity contribution in [2.75, 3.05) is 45.9 Å². The molecule has 0 unspecified atom stereocenters. The van der Waals surface area contributed by atoms with Crippen LogP contribution in [0.4, 0.5) is 4.79 Å². The molecule has 3 aromatic rings. The van der Waals surface area contributed by atoms with Crippen molar-refractivity contribution >= 4 is 17.6 Å². The van der Waals surface area contributed by atoms with Gasteiger partial charge in [0.05, 0.1) is 31.0 Å². The number of piperazine rings is 1. The van der Waals surface area contributed by atoms with Crippen LogP contribution in [0.3, 0.4) is 0 Å². The van der Waals surface area contributed by atoms with Crippen LogP contribution in [0.2, 0.25) is 5.02 Å². The molecule has 6 N–H and O–H groups in total. The zero-order valence-electron chi connectivity index (χ0n) is 30.4. The summed E-state index contributed by atoms with van der Waals surface area (Å²) in [6, 6.07) is 14.3. The summed E-state index contributed by atoms with van der Waals surface area (Å²) in [5.41, 5.74) is 6.12. The maximum Gasteiger partial charge on any atom is 0.317 e. The van der Waals surface area contributed by atoms with Gasteiger partial charge < -0.3 is 45.2 Å². The highest BCUT2D eigenvalue weighted by Gasteiger charge is 2.48. The van der Waals surface area contributed by atoms with E-state index in [0.717, 1.165) is 78.5 Å². The maximum atomic E-state index is 12.8. The fourth-order valence-electron chi connectivity index (χ4n) is 6.95. The fourth-order valence-corrected chi connectivity index (χ4v) is 7.19. The van der Waals surface area contributed by atoms with Gasteiger partial charge in [-0.05, 0) is 92.3 Å². The molecule has 4 atom stereocenters. The number of para-hydroxylation sites is 1. The lowest BCUT2D eigenvalue weighted by molar-refractivity contribution is -0.120. The number of benzene rings is 2. The Hall–Kier alpha value is -3.33. The molecule has 2 amide bonds. The van der Waals surface area contributed by atoms with E-state index in [9.17, 15) is 25.2 Å². The Bertz CT molecular complexity index is 1680. The molecule has 13 heteroatoms. The van der Waals surface area contributed by atoms with Gasteiger partial charge >= 0.3 is 6.03 Å². The van der Waals surface area contributed by atoms with E-state index < -0.39 is 36.6 Å². The molecule has 0 spiro atoms. The number of nitrogens with zero attached hydrogens (tertiary/aromatic N) is 3. The molecule has 1 aliphatic heterocycles. The number of halogens is 1. The number of β-amino-alcohol motifs (C(OH)–C–C–N with tert-alkyl or cyclic N) is 1. The number of unbranched alkanes of at least 4 members (excludes halogenated alkanes) is 1. The molecule has 12 nitrogen and oxygen atoms in total. The molecule has 3 aliphatic rings. The number of hydrogen-bond acceptors (Lipinski definition) is 10. The minimum atomic E-state index is -1.66. The minimum Gasteiger partial charge on any atom is -0.490 e. The molecule has 2 aliphatic carbocycles. The molecule has 6 rings (SSSR count). The number of pyridine rings is 1. The van der Waals surface area contributed by atoms with Gasteiger partial charge in [0.15, 0.2) is 0 Å². The predicted molar refractivity (Wildman–Crippen MR) is 201 cm³/mol. The number of aromatic nitrogens is 1. The van der Waals surface area contributed by atoms with Crippen LogP contribution in [0.15, 0.2) is 54.9 Å². The van der Waals surface area contributed by atoms with Gasteiger partial charge in [0.1, 0.15) is 24.1 Å². The number of carbonyl (C=O) groups excluding carboxylic acids is 1. The summed E-state index contributed by atoms with van der Waals surface area (Å²) in [6.07, 6.45) is 4.52. The molecule has 2 aromatic carbocycles. The Kier molecular flexibility index (Phi) is 13.3. The zero-order valence-corrected chi connectivity index (χ0v) is 31.1. The lowest BCUT2D eigenvalue weighted by Crippen LogP contribution is -2.55. The third-order valence-corrected chi connectivity index (χ3v) is 11.0. The SMILES string of the molecule is Cc1cc(COC2(c3cnccc3-c3ccccc3OC3CC3)CC2)c(Cl)cc1CCCCNC(=O)N1CCN(C[C@H](O)[C@@H](O)[C@@H](O)[C@H](O)CO)CC1. The van der Waals surface area contributed by atoms with Crippen LogP contribution in [0.1, 0.15) is 60.8 Å². The number of hydrogen-bond donors (Lipinski definition) is 6. The topological polar surface area (TPSA) is 168 Å². The first-order valence-electron chi connectivity index (χ1n) is 18.8. The lowest BCUT2D eigenvalue weighted by Gasteiger charge is -2.36. The van der Waals surface area contributed by atoms with Crippen molar-refractivity contribution in [2.24, 2.45) is 0 Å². The second-order valence-corrected chi connectivity index (χ2v) is 15.1. The first kappa shape index (κ1) is 39.4. The van der Waals surface area contributed by atoms with Crippen LogP contribution >= 0.6 is 11.6 Å². The van der Waals surface area contributed by atoms with E-state index in [2.05, 4.69) is 35.4 Å². The maximum absolute atomic E-state index is 12.8. The zero-order chi connectivity index (χ0) is 37.5. The molecule has 1 aromatic heterocycles. The summed E-state index contributed by atoms with van der Waals surface area (Å²) >= 11 is 6.82. The van der Waals surface area contributed by atoms with E-state index in [4.69, 9.17) is 26.2 Å². The van der Waals surface area contributed by atoms with Crippen LogP contribution in [-0.4, -0.2) is 123 Å². The number of aliphatic hydroxyl groups excluding tert-OH is 5. The standard InChI is InChI=1S/C40H53ClN4O8/c1-26-20-28(25-52-40(12-13-40)32-22-42-15-11-30(32)31-7-2-3-8-36(31)53-29-9-10-29)33(41)21-27(26)6-4-5-14-43-39(51)45-18-16-44(17-19-45)23-34(47)37(49)38(50)35(48)24-46/h2-3,7-8,11,15,20-22,29,34-35,37-38,46-50H,4-6,9-10,12-14,16-19,23-25H2,1H3,(H,43,51)/t34-,35+,37+,38-/m0/s1. The van der Waals surface area contributed by atoms with Crippen molar-refractivity contribution in [3.63, 3.8) is 0 Å². The summed E-state index contributed by atoms with van der Waals surface area (Å²) in [4.78, 5) is 20.8. The third-order valence-electron chi connectivity index (χ3n) is 10.6. The summed E-state index contributed by atoms with van der Waals surface area (Å²) < 4.78 is 12.9. The number of amides is 2. The van der Waals surface area contributed by atoms with Crippen LogP contribution in [0, 0.1) is 6.92 Å². The summed E-state index contributed by atoms with van der Waals surface area (Å²) in [5.74, 6) is 0.902. The number of rotatable bonds is 18. The van der Waals surface area contributed by atoms with Crippen molar-refractivity contribution in [3.8, 4) is 16.9 Å². The molecule has 2 saturated carbocycles. The van der Waals surface area contributed by atoms with Crippen molar-refractivity contribution in [1.82, 2.24) is 20.1 Å². The van der Waals surface area contributed by atoms with Crippen LogP contribution < -0.4 is 10.1 Å². The van der Waals surface area contributed by atoms with Gasteiger partial charge in [0, 0.05) is 67.8 Å². The summed E-state index contributed by atoms with van der Waals surface area (Å²) in [6.45, 7) is 4.29. The third kappa shape index (κ3) is 10.1. The molecule has 3 fully saturated rings. The van der Waals surface area contributed by atoms with Gasteiger partial charge in [-0.2, -0.15) is 0 Å². The summed E-state index contributed by atoms with van der Waals surface area (Å²) in [5, 5.41) is 52.3. The average Bonchev–Trinajstić information content (AvgIpc) is 4.12. The number of ether oxygens (including phenoxy) is 2. The largest absolute Gasteiger partial charge is 0.490 e. The smallest absolute Gasteiger partial charge is 0.317 e. The molecular weight excluding hydrogens is 700 g/mol. The highest BCUT2D eigenvalue weighted by molar-refractivity contribution is 6.31. The van der Waals surface area contributed by atoms with E-state index in [-0.39, 0.29) is 12.6 Å². The van der Waals surface area contributed by atoms with E-state index in [1.807, 2.05) is 41.6 Å². The molecular formula is C40H53ClN4O8. The van der Waals surface area contributed by atoms with Crippen molar-refractivity contribution < 1.29 is 39.8 Å². The number of nitrogens with one attached hydrogen (secondary N) is 1. The summed E-state index contributed by atoms with van der Waals surface area (Å²) in [7, 11) is 0. The number of carbonyl (C=O) groups is 1. The van der Waals surface area contributed by atoms with Gasteiger partial charge in [-0.15, -0.1) is 0 Å². The predicted octanol–water partition coefficient (Wildman–Crippen LogP) is 3.54. The van der Waals surface area contributed by atoms with E-state index in [1.165, 1.54) is 5.56 Å². The van der Waals surface area contributed by atoms with Gasteiger partial charge in [-0.3, -0.25) is 9.88 Å². The van der Waals surface area contributed by atoms with Crippen LogP contribution in [-0.2, 0) is 23.4 Å². The van der Waals surface area contributed by atoms with E-state index in [0.29, 0.717) is 50.5 Å². The Morgan fingerprint density at radius 3 is 2.43 bits per heavy atom.